The number of ether oxygens (including phenoxy) is 2. The summed E-state index contributed by atoms with van der Waals surface area (Å²) >= 11 is 3.48. The number of rotatable bonds is 3. The molecule has 0 aliphatic carbocycles. The van der Waals surface area contributed by atoms with Gasteiger partial charge in [0.2, 0.25) is 0 Å². The van der Waals surface area contributed by atoms with E-state index in [1.165, 1.54) is 0 Å². The molecule has 1 aliphatic rings. The molecule has 2 aromatic rings. The molecule has 0 fully saturated rings. The highest BCUT2D eigenvalue weighted by molar-refractivity contribution is 9.10. The topological polar surface area (TPSA) is 44.5 Å². The Kier molecular flexibility index (Phi) is 4.29. The Morgan fingerprint density at radius 3 is 2.86 bits per heavy atom. The molecule has 110 valence electrons. The van der Waals surface area contributed by atoms with Crippen molar-refractivity contribution in [3.8, 4) is 5.75 Å². The Morgan fingerprint density at radius 2 is 2.05 bits per heavy atom. The van der Waals surface area contributed by atoms with Crippen LogP contribution in [0.4, 0.5) is 0 Å². The number of hydrogen-bond donors (Lipinski definition) is 1. The van der Waals surface area contributed by atoms with E-state index in [0.717, 1.165) is 33.3 Å². The van der Waals surface area contributed by atoms with E-state index in [-0.39, 0.29) is 12.1 Å². The summed E-state index contributed by atoms with van der Waals surface area (Å²) in [6, 6.07) is 14.2. The second kappa shape index (κ2) is 6.18. The third-order valence-electron chi connectivity index (χ3n) is 3.81. The van der Waals surface area contributed by atoms with Gasteiger partial charge in [0, 0.05) is 29.6 Å². The SMILES string of the molecule is COCc1ccccc1C1C[C@@H](N)c2cc(Br)ccc2O1. The van der Waals surface area contributed by atoms with Crippen LogP contribution in [-0.4, -0.2) is 7.11 Å². The van der Waals surface area contributed by atoms with Gasteiger partial charge in [0.25, 0.3) is 0 Å². The first kappa shape index (κ1) is 14.6. The molecular weight excluding hydrogens is 330 g/mol. The average Bonchev–Trinajstić information content (AvgIpc) is 2.49. The lowest BCUT2D eigenvalue weighted by molar-refractivity contribution is 0.151. The van der Waals surface area contributed by atoms with Crippen LogP contribution in [0.5, 0.6) is 5.75 Å². The molecule has 1 aliphatic heterocycles. The lowest BCUT2D eigenvalue weighted by atomic mass is 9.91. The highest BCUT2D eigenvalue weighted by Gasteiger charge is 2.28. The standard InChI is InChI=1S/C17H18BrNO2/c1-20-10-11-4-2-3-5-13(11)17-9-15(19)14-8-12(18)6-7-16(14)21-17/h2-8,15,17H,9-10,19H2,1H3/t15-,17?/m1/s1. The van der Waals surface area contributed by atoms with Gasteiger partial charge in [-0.3, -0.25) is 0 Å². The van der Waals surface area contributed by atoms with Crippen LogP contribution >= 0.6 is 15.9 Å². The van der Waals surface area contributed by atoms with Crippen LogP contribution in [0.25, 0.3) is 0 Å². The number of halogens is 1. The largest absolute Gasteiger partial charge is 0.485 e. The highest BCUT2D eigenvalue weighted by atomic mass is 79.9. The summed E-state index contributed by atoms with van der Waals surface area (Å²) in [4.78, 5) is 0. The van der Waals surface area contributed by atoms with Gasteiger partial charge in [-0.2, -0.15) is 0 Å². The lowest BCUT2D eigenvalue weighted by Gasteiger charge is -2.31. The summed E-state index contributed by atoms with van der Waals surface area (Å²) in [7, 11) is 1.71. The van der Waals surface area contributed by atoms with Crippen molar-refractivity contribution < 1.29 is 9.47 Å². The summed E-state index contributed by atoms with van der Waals surface area (Å²) in [5, 5.41) is 0. The molecule has 1 heterocycles. The normalized spacial score (nSPS) is 20.7. The monoisotopic (exact) mass is 347 g/mol. The van der Waals surface area contributed by atoms with Crippen LogP contribution in [0.2, 0.25) is 0 Å². The molecule has 0 saturated heterocycles. The smallest absolute Gasteiger partial charge is 0.126 e. The van der Waals surface area contributed by atoms with E-state index in [0.29, 0.717) is 6.61 Å². The minimum atomic E-state index is -0.0278. The van der Waals surface area contributed by atoms with Gasteiger partial charge in [-0.25, -0.2) is 0 Å². The number of hydrogen-bond acceptors (Lipinski definition) is 3. The maximum atomic E-state index is 6.33. The second-order valence-electron chi connectivity index (χ2n) is 5.26. The third kappa shape index (κ3) is 2.98. The predicted molar refractivity (Wildman–Crippen MR) is 86.2 cm³/mol. The maximum Gasteiger partial charge on any atom is 0.126 e. The average molecular weight is 348 g/mol. The first-order chi connectivity index (χ1) is 10.2. The second-order valence-corrected chi connectivity index (χ2v) is 6.18. The highest BCUT2D eigenvalue weighted by Crippen LogP contribution is 2.41. The Bertz CT molecular complexity index is 644. The van der Waals surface area contributed by atoms with Gasteiger partial charge in [-0.1, -0.05) is 40.2 Å². The van der Waals surface area contributed by atoms with E-state index in [4.69, 9.17) is 15.2 Å². The molecule has 0 radical (unpaired) electrons. The Labute approximate surface area is 133 Å². The molecular formula is C17H18BrNO2. The van der Waals surface area contributed by atoms with Crippen molar-refractivity contribution in [2.24, 2.45) is 5.73 Å². The zero-order chi connectivity index (χ0) is 14.8. The summed E-state index contributed by atoms with van der Waals surface area (Å²) in [5.74, 6) is 0.870. The number of nitrogens with two attached hydrogens (primary N) is 1. The fourth-order valence-corrected chi connectivity index (χ4v) is 3.18. The van der Waals surface area contributed by atoms with Crippen LogP contribution in [0.3, 0.4) is 0 Å². The molecule has 2 aromatic carbocycles. The van der Waals surface area contributed by atoms with Crippen LogP contribution in [0.1, 0.15) is 35.3 Å². The molecule has 4 heteroatoms. The zero-order valence-electron chi connectivity index (χ0n) is 11.9. The van der Waals surface area contributed by atoms with Gasteiger partial charge in [-0.15, -0.1) is 0 Å². The molecule has 0 spiro atoms. The number of benzene rings is 2. The quantitative estimate of drug-likeness (QED) is 0.908. The first-order valence-electron chi connectivity index (χ1n) is 6.97. The molecule has 0 bridgehead atoms. The minimum absolute atomic E-state index is 0.0214. The van der Waals surface area contributed by atoms with E-state index in [1.807, 2.05) is 30.3 Å². The summed E-state index contributed by atoms with van der Waals surface area (Å²) in [5.41, 5.74) is 9.70. The summed E-state index contributed by atoms with van der Waals surface area (Å²) in [6.45, 7) is 0.582. The predicted octanol–water partition coefficient (Wildman–Crippen LogP) is 4.12. The van der Waals surface area contributed by atoms with E-state index in [2.05, 4.69) is 28.1 Å². The first-order valence-corrected chi connectivity index (χ1v) is 7.76. The summed E-state index contributed by atoms with van der Waals surface area (Å²) in [6.07, 6.45) is 0.740. The van der Waals surface area contributed by atoms with Gasteiger partial charge < -0.3 is 15.2 Å². The summed E-state index contributed by atoms with van der Waals surface area (Å²) < 4.78 is 12.5. The van der Waals surface area contributed by atoms with Gasteiger partial charge in [0.1, 0.15) is 11.9 Å². The number of methoxy groups -OCH3 is 1. The van der Waals surface area contributed by atoms with Crippen molar-refractivity contribution in [2.75, 3.05) is 7.11 Å². The van der Waals surface area contributed by atoms with Crippen LogP contribution < -0.4 is 10.5 Å². The van der Waals surface area contributed by atoms with E-state index >= 15 is 0 Å². The molecule has 3 nitrogen and oxygen atoms in total. The van der Waals surface area contributed by atoms with Crippen LogP contribution in [-0.2, 0) is 11.3 Å². The Morgan fingerprint density at radius 1 is 1.24 bits per heavy atom. The van der Waals surface area contributed by atoms with Gasteiger partial charge >= 0.3 is 0 Å². The van der Waals surface area contributed by atoms with Crippen molar-refractivity contribution in [2.45, 2.75) is 25.2 Å². The molecule has 3 rings (SSSR count). The Hall–Kier alpha value is -1.36. The third-order valence-corrected chi connectivity index (χ3v) is 4.30. The van der Waals surface area contributed by atoms with Crippen molar-refractivity contribution >= 4 is 15.9 Å². The molecule has 21 heavy (non-hydrogen) atoms. The van der Waals surface area contributed by atoms with E-state index in [1.54, 1.807) is 7.11 Å². The molecule has 2 N–H and O–H groups in total. The fourth-order valence-electron chi connectivity index (χ4n) is 2.80. The van der Waals surface area contributed by atoms with Crippen molar-refractivity contribution in [3.63, 3.8) is 0 Å². The lowest BCUT2D eigenvalue weighted by Crippen LogP contribution is -2.24. The molecule has 1 unspecified atom stereocenters. The van der Waals surface area contributed by atoms with Crippen LogP contribution in [0, 0.1) is 0 Å². The Balaban J connectivity index is 1.94. The number of fused-ring (bicyclic) bond motifs is 1. The van der Waals surface area contributed by atoms with Crippen molar-refractivity contribution in [3.05, 3.63) is 63.6 Å². The van der Waals surface area contributed by atoms with Crippen molar-refractivity contribution in [1.82, 2.24) is 0 Å². The molecule has 0 aromatic heterocycles. The van der Waals surface area contributed by atoms with Crippen molar-refractivity contribution in [1.29, 1.82) is 0 Å². The van der Waals surface area contributed by atoms with E-state index < -0.39 is 0 Å². The maximum absolute atomic E-state index is 6.33. The van der Waals surface area contributed by atoms with E-state index in [9.17, 15) is 0 Å². The van der Waals surface area contributed by atoms with Gasteiger partial charge in [0.05, 0.1) is 6.61 Å². The van der Waals surface area contributed by atoms with Crippen LogP contribution in [0.15, 0.2) is 46.9 Å². The minimum Gasteiger partial charge on any atom is -0.485 e. The zero-order valence-corrected chi connectivity index (χ0v) is 13.5. The van der Waals surface area contributed by atoms with Gasteiger partial charge in [-0.05, 0) is 29.3 Å². The molecule has 0 amide bonds. The fraction of sp³-hybridized carbons (Fsp3) is 0.294. The van der Waals surface area contributed by atoms with Gasteiger partial charge in [0.15, 0.2) is 0 Å². The molecule has 2 atom stereocenters. The molecule has 0 saturated carbocycles.